The Morgan fingerprint density at radius 1 is 0.911 bits per heavy atom. The second-order valence-electron chi connectivity index (χ2n) is 11.8. The fourth-order valence-electron chi connectivity index (χ4n) is 6.88. The highest BCUT2D eigenvalue weighted by Gasteiger charge is 2.41. The number of benzene rings is 4. The number of nitrogens with zero attached hydrogens (tertiary/aromatic N) is 1. The Balaban J connectivity index is 1.61. The minimum atomic E-state index is -4.54. The Kier molecular flexibility index (Phi) is 8.51. The van der Waals surface area contributed by atoms with Gasteiger partial charge in [-0.15, -0.1) is 0 Å². The van der Waals surface area contributed by atoms with E-state index in [0.29, 0.717) is 46.5 Å². The quantitative estimate of drug-likeness (QED) is 0.191. The highest BCUT2D eigenvalue weighted by atomic mass is 19.4. The van der Waals surface area contributed by atoms with Crippen LogP contribution in [-0.2, 0) is 11.2 Å². The van der Waals surface area contributed by atoms with Crippen LogP contribution >= 0.6 is 0 Å². The third kappa shape index (κ3) is 5.87. The summed E-state index contributed by atoms with van der Waals surface area (Å²) in [5.41, 5.74) is 13.7. The van der Waals surface area contributed by atoms with Gasteiger partial charge in [-0.2, -0.15) is 13.2 Å². The Morgan fingerprint density at radius 3 is 2.29 bits per heavy atom. The van der Waals surface area contributed by atoms with Crippen molar-refractivity contribution in [2.75, 3.05) is 18.0 Å². The minimum absolute atomic E-state index is 0.161. The van der Waals surface area contributed by atoms with Crippen LogP contribution in [0.5, 0.6) is 0 Å². The van der Waals surface area contributed by atoms with Crippen molar-refractivity contribution in [3.63, 3.8) is 0 Å². The SMILES string of the molecule is CCCCc1c2c(cc(C(=O)c3ccccc3-c3ccccc3)c1N1CCCC1N)-c1ccccc1C2C(=O)NCC(F)(F)F. The zero-order valence-corrected chi connectivity index (χ0v) is 25.2. The topological polar surface area (TPSA) is 75.4 Å². The fraction of sp³-hybridized carbons (Fsp3) is 0.297. The number of halogens is 3. The van der Waals surface area contributed by atoms with Crippen molar-refractivity contribution in [2.45, 2.75) is 57.3 Å². The molecule has 0 bridgehead atoms. The molecule has 4 aromatic carbocycles. The molecule has 2 aliphatic rings. The molecule has 232 valence electrons. The summed E-state index contributed by atoms with van der Waals surface area (Å²) >= 11 is 0. The van der Waals surface area contributed by atoms with Crippen LogP contribution in [0.15, 0.2) is 84.9 Å². The van der Waals surface area contributed by atoms with E-state index in [1.807, 2.05) is 72.8 Å². The van der Waals surface area contributed by atoms with Gasteiger partial charge in [-0.3, -0.25) is 9.59 Å². The molecule has 8 heteroatoms. The Hall–Kier alpha value is -4.43. The normalized spacial score (nSPS) is 17.2. The molecule has 1 fully saturated rings. The van der Waals surface area contributed by atoms with Crippen LogP contribution in [-0.4, -0.2) is 37.1 Å². The van der Waals surface area contributed by atoms with Gasteiger partial charge in [-0.1, -0.05) is 92.2 Å². The van der Waals surface area contributed by atoms with E-state index in [2.05, 4.69) is 17.1 Å². The zero-order chi connectivity index (χ0) is 31.7. The van der Waals surface area contributed by atoms with Gasteiger partial charge >= 0.3 is 6.18 Å². The molecule has 1 aliphatic carbocycles. The number of anilines is 1. The average Bonchev–Trinajstić information content (AvgIpc) is 3.62. The molecule has 1 amide bonds. The first-order valence-corrected chi connectivity index (χ1v) is 15.5. The molecular weight excluding hydrogens is 575 g/mol. The smallest absolute Gasteiger partial charge is 0.355 e. The maximum absolute atomic E-state index is 14.8. The zero-order valence-electron chi connectivity index (χ0n) is 25.2. The largest absolute Gasteiger partial charge is 0.405 e. The summed E-state index contributed by atoms with van der Waals surface area (Å²) in [6.45, 7) is 1.28. The summed E-state index contributed by atoms with van der Waals surface area (Å²) < 4.78 is 39.7. The Labute approximate surface area is 261 Å². The summed E-state index contributed by atoms with van der Waals surface area (Å²) in [7, 11) is 0. The van der Waals surface area contributed by atoms with E-state index < -0.39 is 24.5 Å². The number of fused-ring (bicyclic) bond motifs is 3. The van der Waals surface area contributed by atoms with Crippen LogP contribution in [0, 0.1) is 0 Å². The molecule has 1 saturated heterocycles. The van der Waals surface area contributed by atoms with Crippen LogP contribution in [0.2, 0.25) is 0 Å². The van der Waals surface area contributed by atoms with Crippen molar-refractivity contribution < 1.29 is 22.8 Å². The molecule has 0 aromatic heterocycles. The summed E-state index contributed by atoms with van der Waals surface area (Å²) in [5, 5.41) is 2.15. The second kappa shape index (κ2) is 12.5. The molecule has 5 nitrogen and oxygen atoms in total. The monoisotopic (exact) mass is 611 g/mol. The molecule has 3 N–H and O–H groups in total. The van der Waals surface area contributed by atoms with Gasteiger partial charge in [0.05, 0.1) is 17.8 Å². The first-order chi connectivity index (χ1) is 21.7. The lowest BCUT2D eigenvalue weighted by Crippen LogP contribution is -2.39. The number of carbonyl (C=O) groups is 2. The lowest BCUT2D eigenvalue weighted by Gasteiger charge is -2.31. The number of nitrogens with one attached hydrogen (secondary N) is 1. The number of carbonyl (C=O) groups excluding carboxylic acids is 2. The van der Waals surface area contributed by atoms with Crippen molar-refractivity contribution >= 4 is 17.4 Å². The second-order valence-corrected chi connectivity index (χ2v) is 11.8. The molecular formula is C37H36F3N3O2. The Bertz CT molecular complexity index is 1740. The summed E-state index contributed by atoms with van der Waals surface area (Å²) in [4.78, 5) is 30.6. The molecule has 0 radical (unpaired) electrons. The molecule has 1 heterocycles. The lowest BCUT2D eigenvalue weighted by molar-refractivity contribution is -0.138. The third-order valence-electron chi connectivity index (χ3n) is 8.89. The average molecular weight is 612 g/mol. The number of rotatable bonds is 9. The van der Waals surface area contributed by atoms with E-state index >= 15 is 0 Å². The van der Waals surface area contributed by atoms with Gasteiger partial charge in [0.2, 0.25) is 5.91 Å². The number of ketones is 1. The van der Waals surface area contributed by atoms with Crippen molar-refractivity contribution in [1.29, 1.82) is 0 Å². The van der Waals surface area contributed by atoms with Crippen molar-refractivity contribution in [1.82, 2.24) is 5.32 Å². The lowest BCUT2D eigenvalue weighted by atomic mass is 9.84. The van der Waals surface area contributed by atoms with Crippen LogP contribution in [0.1, 0.15) is 71.1 Å². The van der Waals surface area contributed by atoms with Crippen molar-refractivity contribution in [2.24, 2.45) is 5.73 Å². The first-order valence-electron chi connectivity index (χ1n) is 15.5. The van der Waals surface area contributed by atoms with Crippen LogP contribution in [0.3, 0.4) is 0 Å². The summed E-state index contributed by atoms with van der Waals surface area (Å²) in [5.74, 6) is -1.81. The van der Waals surface area contributed by atoms with Crippen molar-refractivity contribution in [3.8, 4) is 22.3 Å². The van der Waals surface area contributed by atoms with Gasteiger partial charge in [0.25, 0.3) is 0 Å². The number of hydrogen-bond acceptors (Lipinski definition) is 4. The minimum Gasteiger partial charge on any atom is -0.355 e. The van der Waals surface area contributed by atoms with Gasteiger partial charge in [0.1, 0.15) is 6.54 Å². The molecule has 2 atom stereocenters. The van der Waals surface area contributed by atoms with Gasteiger partial charge in [-0.25, -0.2) is 0 Å². The van der Waals surface area contributed by atoms with Crippen LogP contribution in [0.4, 0.5) is 18.9 Å². The van der Waals surface area contributed by atoms with Crippen molar-refractivity contribution in [3.05, 3.63) is 113 Å². The number of alkyl halides is 3. The molecule has 2 unspecified atom stereocenters. The summed E-state index contributed by atoms with van der Waals surface area (Å²) in [6.07, 6.45) is -1.11. The summed E-state index contributed by atoms with van der Waals surface area (Å²) in [6, 6.07) is 26.4. The van der Waals surface area contributed by atoms with E-state index in [0.717, 1.165) is 47.9 Å². The van der Waals surface area contributed by atoms with Gasteiger partial charge < -0.3 is 16.0 Å². The van der Waals surface area contributed by atoms with Gasteiger partial charge in [0, 0.05) is 17.7 Å². The van der Waals surface area contributed by atoms with Crippen LogP contribution < -0.4 is 16.0 Å². The standard InChI is InChI=1S/C37H36F3N3O2/c1-2-3-14-28-32-29(25-16-8-9-17-26(25)33(32)36(45)42-22-37(38,39)40)21-30(34(28)43-20-11-19-31(43)41)35(44)27-18-10-7-15-24(27)23-12-5-4-6-13-23/h4-10,12-13,15-18,21,31,33H,2-3,11,14,19-20,22,41H2,1H3,(H,42,45). The Morgan fingerprint density at radius 2 is 1.60 bits per heavy atom. The first kappa shape index (κ1) is 30.6. The number of unbranched alkanes of at least 4 members (excludes halogenated alkanes) is 1. The maximum Gasteiger partial charge on any atom is 0.405 e. The van der Waals surface area contributed by atoms with Gasteiger partial charge in [0.15, 0.2) is 5.78 Å². The fourth-order valence-corrected chi connectivity index (χ4v) is 6.88. The van der Waals surface area contributed by atoms with E-state index in [1.54, 1.807) is 12.1 Å². The van der Waals surface area contributed by atoms with Crippen LogP contribution in [0.25, 0.3) is 22.3 Å². The third-order valence-corrected chi connectivity index (χ3v) is 8.89. The maximum atomic E-state index is 14.8. The van der Waals surface area contributed by atoms with E-state index in [9.17, 15) is 22.8 Å². The molecule has 0 spiro atoms. The predicted octanol–water partition coefficient (Wildman–Crippen LogP) is 7.60. The molecule has 1 aliphatic heterocycles. The van der Waals surface area contributed by atoms with E-state index in [4.69, 9.17) is 5.73 Å². The van der Waals surface area contributed by atoms with E-state index in [-0.39, 0.29) is 11.9 Å². The molecule has 45 heavy (non-hydrogen) atoms. The molecule has 4 aromatic rings. The van der Waals surface area contributed by atoms with E-state index in [1.165, 1.54) is 0 Å². The van der Waals surface area contributed by atoms with Gasteiger partial charge in [-0.05, 0) is 70.7 Å². The highest BCUT2D eigenvalue weighted by molar-refractivity contribution is 6.17. The number of hydrogen-bond donors (Lipinski definition) is 2. The number of amides is 1. The highest BCUT2D eigenvalue weighted by Crippen LogP contribution is 2.51. The predicted molar refractivity (Wildman–Crippen MR) is 171 cm³/mol. The molecule has 6 rings (SSSR count). The molecule has 0 saturated carbocycles. The number of nitrogens with two attached hydrogens (primary N) is 1.